The van der Waals surface area contributed by atoms with E-state index in [4.69, 9.17) is 14.6 Å². The number of amides is 2. The Kier molecular flexibility index (Phi) is 7.14. The fourth-order valence-electron chi connectivity index (χ4n) is 2.38. The van der Waals surface area contributed by atoms with Crippen molar-refractivity contribution in [3.05, 3.63) is 53.6 Å². The molecule has 2 amide bonds. The standard InChI is InChI=1S/C19H21N3O7S/c1-22(2)18(24)12-4-6-13(7-5-12)21-17(23)11-29-19(25)15-10-14(30(20,26)27)8-9-16(15)28-3/h4-10H,11H2,1-3H3,(H,21,23)(H2,20,26,27). The van der Waals surface area contributed by atoms with Crippen LogP contribution in [-0.2, 0) is 19.6 Å². The lowest BCUT2D eigenvalue weighted by atomic mass is 10.2. The zero-order chi connectivity index (χ0) is 22.5. The molecule has 0 unspecified atom stereocenters. The van der Waals surface area contributed by atoms with Crippen molar-refractivity contribution in [2.24, 2.45) is 5.14 Å². The van der Waals surface area contributed by atoms with Crippen LogP contribution < -0.4 is 15.2 Å². The summed E-state index contributed by atoms with van der Waals surface area (Å²) < 4.78 is 32.9. The molecule has 0 bridgehead atoms. The molecule has 0 saturated heterocycles. The number of esters is 1. The van der Waals surface area contributed by atoms with Crippen LogP contribution in [0, 0.1) is 0 Å². The molecule has 2 aromatic rings. The second kappa shape index (κ2) is 9.37. The third-order valence-corrected chi connectivity index (χ3v) is 4.79. The van der Waals surface area contributed by atoms with Gasteiger partial charge in [-0.05, 0) is 42.5 Å². The minimum Gasteiger partial charge on any atom is -0.496 e. The first kappa shape index (κ1) is 22.8. The molecule has 2 rings (SSSR count). The molecule has 0 aliphatic heterocycles. The molecule has 0 fully saturated rings. The Morgan fingerprint density at radius 1 is 1.07 bits per heavy atom. The molecule has 0 aliphatic carbocycles. The van der Waals surface area contributed by atoms with E-state index in [1.807, 2.05) is 0 Å². The van der Waals surface area contributed by atoms with Gasteiger partial charge in [0.1, 0.15) is 11.3 Å². The molecule has 0 spiro atoms. The van der Waals surface area contributed by atoms with E-state index in [0.29, 0.717) is 11.3 Å². The van der Waals surface area contributed by atoms with E-state index in [1.165, 1.54) is 36.3 Å². The number of sulfonamides is 1. The van der Waals surface area contributed by atoms with Gasteiger partial charge in [-0.25, -0.2) is 18.4 Å². The highest BCUT2D eigenvalue weighted by Crippen LogP contribution is 2.22. The van der Waals surface area contributed by atoms with Crippen molar-refractivity contribution in [1.29, 1.82) is 0 Å². The number of hydrogen-bond donors (Lipinski definition) is 2. The number of rotatable bonds is 7. The SMILES string of the molecule is COc1ccc(S(N)(=O)=O)cc1C(=O)OCC(=O)Nc1ccc(C(=O)N(C)C)cc1. The van der Waals surface area contributed by atoms with Gasteiger partial charge in [0.05, 0.1) is 12.0 Å². The molecular formula is C19H21N3O7S. The molecule has 10 nitrogen and oxygen atoms in total. The molecule has 11 heteroatoms. The number of nitrogens with zero attached hydrogens (tertiary/aromatic N) is 1. The molecule has 160 valence electrons. The van der Waals surface area contributed by atoms with Crippen LogP contribution in [0.4, 0.5) is 5.69 Å². The van der Waals surface area contributed by atoms with Crippen molar-refractivity contribution < 1.29 is 32.3 Å². The van der Waals surface area contributed by atoms with Crippen molar-refractivity contribution in [3.8, 4) is 5.75 Å². The quantitative estimate of drug-likeness (QED) is 0.613. The number of anilines is 1. The lowest BCUT2D eigenvalue weighted by Gasteiger charge is -2.12. The number of nitrogens with two attached hydrogens (primary N) is 1. The van der Waals surface area contributed by atoms with Gasteiger partial charge in [0, 0.05) is 25.3 Å². The highest BCUT2D eigenvalue weighted by atomic mass is 32.2. The average Bonchev–Trinajstić information content (AvgIpc) is 2.70. The number of nitrogens with one attached hydrogen (secondary N) is 1. The predicted octanol–water partition coefficient (Wildman–Crippen LogP) is 0.840. The number of benzene rings is 2. The number of carbonyl (C=O) groups is 3. The third-order valence-electron chi connectivity index (χ3n) is 3.88. The van der Waals surface area contributed by atoms with Gasteiger partial charge < -0.3 is 19.7 Å². The van der Waals surface area contributed by atoms with Gasteiger partial charge in [-0.3, -0.25) is 9.59 Å². The first-order valence-corrected chi connectivity index (χ1v) is 10.1. The monoisotopic (exact) mass is 435 g/mol. The summed E-state index contributed by atoms with van der Waals surface area (Å²) in [6.07, 6.45) is 0. The first-order valence-electron chi connectivity index (χ1n) is 8.52. The van der Waals surface area contributed by atoms with Gasteiger partial charge in [-0.15, -0.1) is 0 Å². The number of ether oxygens (including phenoxy) is 2. The Balaban J connectivity index is 2.03. The summed E-state index contributed by atoms with van der Waals surface area (Å²) in [5.74, 6) is -1.71. The zero-order valence-corrected chi connectivity index (χ0v) is 17.4. The molecular weight excluding hydrogens is 414 g/mol. The van der Waals surface area contributed by atoms with Crippen molar-refractivity contribution in [3.63, 3.8) is 0 Å². The highest BCUT2D eigenvalue weighted by molar-refractivity contribution is 7.89. The Hall–Kier alpha value is -3.44. The maximum Gasteiger partial charge on any atom is 0.342 e. The van der Waals surface area contributed by atoms with Crippen molar-refractivity contribution in [2.75, 3.05) is 33.1 Å². The molecule has 0 atom stereocenters. The van der Waals surface area contributed by atoms with Crippen LogP contribution in [0.1, 0.15) is 20.7 Å². The summed E-state index contributed by atoms with van der Waals surface area (Å²) in [4.78, 5) is 37.3. The Morgan fingerprint density at radius 2 is 1.70 bits per heavy atom. The predicted molar refractivity (Wildman–Crippen MR) is 108 cm³/mol. The second-order valence-electron chi connectivity index (χ2n) is 6.31. The number of hydrogen-bond acceptors (Lipinski definition) is 7. The highest BCUT2D eigenvalue weighted by Gasteiger charge is 2.19. The lowest BCUT2D eigenvalue weighted by molar-refractivity contribution is -0.119. The maximum absolute atomic E-state index is 12.3. The molecule has 0 heterocycles. The lowest BCUT2D eigenvalue weighted by Crippen LogP contribution is -2.22. The van der Waals surface area contributed by atoms with E-state index in [-0.39, 0.29) is 22.1 Å². The largest absolute Gasteiger partial charge is 0.496 e. The van der Waals surface area contributed by atoms with Crippen LogP contribution in [0.2, 0.25) is 0 Å². The van der Waals surface area contributed by atoms with Crippen LogP contribution in [0.3, 0.4) is 0 Å². The van der Waals surface area contributed by atoms with Gasteiger partial charge in [0.15, 0.2) is 6.61 Å². The van der Waals surface area contributed by atoms with Crippen LogP contribution in [0.25, 0.3) is 0 Å². The number of primary sulfonamides is 1. The minimum atomic E-state index is -4.04. The van der Waals surface area contributed by atoms with E-state index >= 15 is 0 Å². The maximum atomic E-state index is 12.3. The van der Waals surface area contributed by atoms with Crippen LogP contribution in [0.15, 0.2) is 47.4 Å². The van der Waals surface area contributed by atoms with E-state index in [1.54, 1.807) is 26.2 Å². The van der Waals surface area contributed by atoms with Gasteiger partial charge >= 0.3 is 5.97 Å². The summed E-state index contributed by atoms with van der Waals surface area (Å²) in [6, 6.07) is 9.62. The van der Waals surface area contributed by atoms with Crippen LogP contribution in [-0.4, -0.2) is 58.9 Å². The summed E-state index contributed by atoms with van der Waals surface area (Å²) >= 11 is 0. The zero-order valence-electron chi connectivity index (χ0n) is 16.5. The van der Waals surface area contributed by atoms with E-state index in [0.717, 1.165) is 6.07 Å². The van der Waals surface area contributed by atoms with Crippen molar-refractivity contribution in [2.45, 2.75) is 4.90 Å². The molecule has 0 aromatic heterocycles. The second-order valence-corrected chi connectivity index (χ2v) is 7.87. The molecule has 3 N–H and O–H groups in total. The van der Waals surface area contributed by atoms with Gasteiger partial charge in [0.2, 0.25) is 10.0 Å². The first-order chi connectivity index (χ1) is 14.0. The minimum absolute atomic E-state index is 0.0638. The number of carbonyl (C=O) groups excluding carboxylic acids is 3. The third kappa shape index (κ3) is 5.78. The summed E-state index contributed by atoms with van der Waals surface area (Å²) in [6.45, 7) is -0.625. The fourth-order valence-corrected chi connectivity index (χ4v) is 2.92. The van der Waals surface area contributed by atoms with Crippen LogP contribution >= 0.6 is 0 Å². The van der Waals surface area contributed by atoms with Crippen LogP contribution in [0.5, 0.6) is 5.75 Å². The van der Waals surface area contributed by atoms with Crippen molar-refractivity contribution in [1.82, 2.24) is 4.90 Å². The molecule has 2 aromatic carbocycles. The van der Waals surface area contributed by atoms with E-state index in [2.05, 4.69) is 5.32 Å². The van der Waals surface area contributed by atoms with E-state index < -0.39 is 28.5 Å². The summed E-state index contributed by atoms with van der Waals surface area (Å²) in [7, 11) is 0.501. The molecule has 0 aliphatic rings. The van der Waals surface area contributed by atoms with Crippen molar-refractivity contribution >= 4 is 33.5 Å². The molecule has 0 radical (unpaired) electrons. The average molecular weight is 435 g/mol. The Morgan fingerprint density at radius 3 is 2.23 bits per heavy atom. The fraction of sp³-hybridized carbons (Fsp3) is 0.211. The molecule has 0 saturated carbocycles. The summed E-state index contributed by atoms with van der Waals surface area (Å²) in [5, 5.41) is 7.58. The van der Waals surface area contributed by atoms with Gasteiger partial charge in [-0.1, -0.05) is 0 Å². The van der Waals surface area contributed by atoms with Gasteiger partial charge in [0.25, 0.3) is 11.8 Å². The van der Waals surface area contributed by atoms with Gasteiger partial charge in [-0.2, -0.15) is 0 Å². The Labute approximate surface area is 173 Å². The normalized spacial score (nSPS) is 10.8. The van der Waals surface area contributed by atoms with E-state index in [9.17, 15) is 22.8 Å². The Bertz CT molecular complexity index is 1060. The topological polar surface area (TPSA) is 145 Å². The summed E-state index contributed by atoms with van der Waals surface area (Å²) in [5.41, 5.74) is 0.662. The smallest absolute Gasteiger partial charge is 0.342 e. The number of methoxy groups -OCH3 is 1. The molecule has 30 heavy (non-hydrogen) atoms.